The maximum absolute atomic E-state index is 12.5. The number of carbonyl (C=O) groups excluding carboxylic acids is 1. The van der Waals surface area contributed by atoms with E-state index in [0.29, 0.717) is 21.3 Å². The van der Waals surface area contributed by atoms with Gasteiger partial charge in [-0.2, -0.15) is 0 Å². The van der Waals surface area contributed by atoms with E-state index >= 15 is 0 Å². The Morgan fingerprint density at radius 2 is 1.62 bits per heavy atom. The minimum absolute atomic E-state index is 0.0587. The maximum Gasteiger partial charge on any atom is 0.335 e. The average molecular weight is 544 g/mol. The Morgan fingerprint density at radius 3 is 2.28 bits per heavy atom. The predicted molar refractivity (Wildman–Crippen MR) is 132 cm³/mol. The molecule has 6 heteroatoms. The molecule has 0 aliphatic rings. The zero-order valence-corrected chi connectivity index (χ0v) is 20.3. The van der Waals surface area contributed by atoms with Gasteiger partial charge in [-0.1, -0.05) is 51.1 Å². The van der Waals surface area contributed by atoms with Crippen LogP contribution in [-0.4, -0.2) is 22.0 Å². The van der Waals surface area contributed by atoms with Crippen LogP contribution in [0, 0.1) is 8.99 Å². The molecule has 0 bridgehead atoms. The van der Waals surface area contributed by atoms with E-state index in [1.807, 2.05) is 73.7 Å². The van der Waals surface area contributed by atoms with Gasteiger partial charge in [-0.15, -0.1) is 0 Å². The first-order valence-corrected chi connectivity index (χ1v) is 11.2. The third kappa shape index (κ3) is 5.88. The number of ketones is 1. The van der Waals surface area contributed by atoms with Gasteiger partial charge in [0.1, 0.15) is 18.1 Å². The lowest BCUT2D eigenvalue weighted by Crippen LogP contribution is -2.13. The summed E-state index contributed by atoms with van der Waals surface area (Å²) in [5.41, 5.74) is 2.95. The van der Waals surface area contributed by atoms with Gasteiger partial charge in [0.05, 0.1) is 14.7 Å². The van der Waals surface area contributed by atoms with Crippen molar-refractivity contribution in [1.29, 1.82) is 0 Å². The van der Waals surface area contributed by atoms with Gasteiger partial charge in [-0.25, -0.2) is 4.79 Å². The van der Waals surface area contributed by atoms with Crippen LogP contribution in [0.15, 0.2) is 60.7 Å². The maximum atomic E-state index is 12.5. The molecule has 0 saturated carbocycles. The van der Waals surface area contributed by atoms with Crippen LogP contribution in [0.4, 0.5) is 0 Å². The Bertz CT molecular complexity index is 1160. The molecule has 0 aliphatic heterocycles. The highest BCUT2D eigenvalue weighted by Crippen LogP contribution is 2.35. The van der Waals surface area contributed by atoms with E-state index in [9.17, 15) is 19.8 Å². The number of ether oxygens (including phenoxy) is 1. The van der Waals surface area contributed by atoms with Gasteiger partial charge in [-0.3, -0.25) is 4.79 Å². The molecular weight excluding hydrogens is 519 g/mol. The molecule has 32 heavy (non-hydrogen) atoms. The molecule has 0 fully saturated rings. The number of phenols is 1. The largest absolute Gasteiger partial charge is 0.506 e. The zero-order valence-electron chi connectivity index (χ0n) is 18.2. The Balaban J connectivity index is 1.77. The minimum atomic E-state index is -0.967. The number of rotatable bonds is 7. The zero-order chi connectivity index (χ0) is 23.5. The number of aromatic hydroxyl groups is 1. The first-order valence-electron chi connectivity index (χ1n) is 10.2. The van der Waals surface area contributed by atoms with Crippen molar-refractivity contribution in [2.45, 2.75) is 33.8 Å². The normalized spacial score (nSPS) is 11.2. The van der Waals surface area contributed by atoms with Crippen LogP contribution < -0.4 is 4.74 Å². The van der Waals surface area contributed by atoms with Crippen molar-refractivity contribution < 1.29 is 24.5 Å². The predicted octanol–water partition coefficient (Wildman–Crippen LogP) is 6.56. The molecule has 0 heterocycles. The molecule has 3 aromatic rings. The molecule has 2 N–H and O–H groups in total. The van der Waals surface area contributed by atoms with Crippen LogP contribution >= 0.6 is 22.6 Å². The van der Waals surface area contributed by atoms with Crippen LogP contribution in [0.5, 0.6) is 11.5 Å². The summed E-state index contributed by atoms with van der Waals surface area (Å²) in [5.74, 6) is -0.633. The summed E-state index contributed by atoms with van der Waals surface area (Å²) in [6, 6.07) is 17.7. The Kier molecular flexibility index (Phi) is 7.23. The second-order valence-electron chi connectivity index (χ2n) is 8.81. The average Bonchev–Trinajstić information content (AvgIpc) is 2.73. The van der Waals surface area contributed by atoms with Crippen molar-refractivity contribution in [2.75, 3.05) is 0 Å². The molecule has 3 aromatic carbocycles. The number of hydrogen-bond donors (Lipinski definition) is 2. The van der Waals surface area contributed by atoms with E-state index < -0.39 is 5.97 Å². The number of aromatic carboxylic acids is 1. The lowest BCUT2D eigenvalue weighted by atomic mass is 9.87. The minimum Gasteiger partial charge on any atom is -0.506 e. The molecule has 0 radical (unpaired) electrons. The van der Waals surface area contributed by atoms with Crippen LogP contribution in [0.2, 0.25) is 0 Å². The number of hydrogen-bond acceptors (Lipinski definition) is 4. The first kappa shape index (κ1) is 23.8. The molecule has 5 nitrogen and oxygen atoms in total. The molecule has 0 unspecified atom stereocenters. The van der Waals surface area contributed by atoms with E-state index in [0.717, 1.165) is 16.7 Å². The number of halogens is 1. The van der Waals surface area contributed by atoms with E-state index in [1.165, 1.54) is 0 Å². The monoisotopic (exact) mass is 544 g/mol. The van der Waals surface area contributed by atoms with Crippen LogP contribution in [0.1, 0.15) is 53.5 Å². The summed E-state index contributed by atoms with van der Waals surface area (Å²) >= 11 is 1.99. The van der Waals surface area contributed by atoms with Crippen molar-refractivity contribution in [3.05, 3.63) is 80.9 Å². The van der Waals surface area contributed by atoms with Gasteiger partial charge in [0.2, 0.25) is 0 Å². The molecule has 0 aromatic heterocycles. The smallest absolute Gasteiger partial charge is 0.335 e. The fourth-order valence-electron chi connectivity index (χ4n) is 3.29. The molecular formula is C26H25IO5. The number of phenolic OH excluding ortho intramolecular Hbond substituents is 1. The quantitative estimate of drug-likeness (QED) is 0.260. The first-order chi connectivity index (χ1) is 15.0. The summed E-state index contributed by atoms with van der Waals surface area (Å²) < 4.78 is 6.41. The van der Waals surface area contributed by atoms with Crippen LogP contribution in [-0.2, 0) is 6.61 Å². The second kappa shape index (κ2) is 9.73. The summed E-state index contributed by atoms with van der Waals surface area (Å²) in [4.78, 5) is 23.8. The van der Waals surface area contributed by atoms with Crippen LogP contribution in [0.3, 0.4) is 0 Å². The van der Waals surface area contributed by atoms with Crippen molar-refractivity contribution in [3.8, 4) is 22.6 Å². The Labute approximate surface area is 201 Å². The molecule has 3 rings (SSSR count). The lowest BCUT2D eigenvalue weighted by Gasteiger charge is -2.18. The highest BCUT2D eigenvalue weighted by Gasteiger charge is 2.22. The van der Waals surface area contributed by atoms with Crippen molar-refractivity contribution in [1.82, 2.24) is 0 Å². The number of benzene rings is 3. The molecule has 166 valence electrons. The van der Waals surface area contributed by atoms with Gasteiger partial charge in [0.25, 0.3) is 0 Å². The highest BCUT2D eigenvalue weighted by molar-refractivity contribution is 14.1. The molecule has 0 atom stereocenters. The lowest BCUT2D eigenvalue weighted by molar-refractivity contribution is 0.0696. The van der Waals surface area contributed by atoms with Crippen molar-refractivity contribution in [3.63, 3.8) is 0 Å². The fourth-order valence-corrected chi connectivity index (χ4v) is 3.92. The van der Waals surface area contributed by atoms with E-state index in [2.05, 4.69) is 0 Å². The summed E-state index contributed by atoms with van der Waals surface area (Å²) in [5, 5.41) is 19.8. The van der Waals surface area contributed by atoms with Crippen LogP contribution in [0.25, 0.3) is 11.1 Å². The number of Topliss-reactive ketones (excluding diaryl/α,β-unsaturated/α-hetero) is 1. The van der Waals surface area contributed by atoms with Crippen molar-refractivity contribution >= 4 is 34.3 Å². The second-order valence-corrected chi connectivity index (χ2v) is 9.89. The SMILES string of the molecule is CC(C)(C)CC(=O)c1ccc(OCc2cccc(-c3cccc(C(=O)O)c3)c2)c(I)c1O. The van der Waals surface area contributed by atoms with E-state index in [4.69, 9.17) is 4.74 Å². The third-order valence-corrected chi connectivity index (χ3v) is 5.88. The number of carbonyl (C=O) groups is 2. The Hall–Kier alpha value is -2.87. The number of carboxylic acid groups (broad SMARTS) is 1. The van der Waals surface area contributed by atoms with Gasteiger partial charge >= 0.3 is 5.97 Å². The summed E-state index contributed by atoms with van der Waals surface area (Å²) in [6.45, 7) is 6.21. The van der Waals surface area contributed by atoms with Gasteiger partial charge < -0.3 is 14.9 Å². The summed E-state index contributed by atoms with van der Waals surface area (Å²) in [7, 11) is 0. The molecule has 0 amide bonds. The fraction of sp³-hybridized carbons (Fsp3) is 0.231. The topological polar surface area (TPSA) is 83.8 Å². The standard InChI is InChI=1S/C26H25IO5/c1-26(2,3)14-21(28)20-10-11-22(23(27)24(20)29)32-15-16-6-4-7-17(12-16)18-8-5-9-19(13-18)25(30)31/h4-13,29H,14-15H2,1-3H3,(H,30,31). The van der Waals surface area contributed by atoms with Gasteiger partial charge in [-0.05, 0) is 75.0 Å². The Morgan fingerprint density at radius 1 is 0.969 bits per heavy atom. The van der Waals surface area contributed by atoms with E-state index in [1.54, 1.807) is 30.3 Å². The third-order valence-electron chi connectivity index (χ3n) is 4.84. The number of carboxylic acids is 1. The molecule has 0 aliphatic carbocycles. The van der Waals surface area contributed by atoms with Gasteiger partial charge in [0.15, 0.2) is 5.78 Å². The van der Waals surface area contributed by atoms with Crippen molar-refractivity contribution in [2.24, 2.45) is 5.41 Å². The molecule has 0 saturated heterocycles. The van der Waals surface area contributed by atoms with Gasteiger partial charge in [0, 0.05) is 6.42 Å². The highest BCUT2D eigenvalue weighted by atomic mass is 127. The van der Waals surface area contributed by atoms with E-state index in [-0.39, 0.29) is 29.1 Å². The summed E-state index contributed by atoms with van der Waals surface area (Å²) in [6.07, 6.45) is 0.340. The molecule has 0 spiro atoms.